The fraction of sp³-hybridized carbons (Fsp3) is 0.417. The van der Waals surface area contributed by atoms with E-state index in [9.17, 15) is 9.59 Å². The zero-order valence-corrected chi connectivity index (χ0v) is 21.0. The SMILES string of the molecule is C[C@H](C(=O)NC1CCCC1)N(Cc1ccc(Cl)cc1)C(=O)CSCc1ccc(Cl)cc1Cl. The van der Waals surface area contributed by atoms with Crippen molar-refractivity contribution in [3.63, 3.8) is 0 Å². The van der Waals surface area contributed by atoms with Crippen LogP contribution < -0.4 is 5.32 Å². The van der Waals surface area contributed by atoms with Gasteiger partial charge in [0.15, 0.2) is 0 Å². The van der Waals surface area contributed by atoms with E-state index >= 15 is 0 Å². The minimum absolute atomic E-state index is 0.0934. The van der Waals surface area contributed by atoms with Crippen LogP contribution in [0.1, 0.15) is 43.7 Å². The van der Waals surface area contributed by atoms with Crippen molar-refractivity contribution in [2.45, 2.75) is 57.0 Å². The van der Waals surface area contributed by atoms with E-state index in [0.717, 1.165) is 36.8 Å². The van der Waals surface area contributed by atoms with Crippen molar-refractivity contribution in [1.29, 1.82) is 0 Å². The summed E-state index contributed by atoms with van der Waals surface area (Å²) in [4.78, 5) is 27.7. The van der Waals surface area contributed by atoms with Gasteiger partial charge in [0.1, 0.15) is 6.04 Å². The molecule has 3 rings (SSSR count). The normalized spacial score (nSPS) is 14.9. The van der Waals surface area contributed by atoms with Crippen LogP contribution in [0.3, 0.4) is 0 Å². The Balaban J connectivity index is 1.66. The van der Waals surface area contributed by atoms with Crippen LogP contribution in [0.5, 0.6) is 0 Å². The van der Waals surface area contributed by atoms with Crippen molar-refractivity contribution in [3.05, 3.63) is 68.7 Å². The Kier molecular flexibility index (Phi) is 9.60. The predicted molar refractivity (Wildman–Crippen MR) is 134 cm³/mol. The molecule has 0 spiro atoms. The number of halogens is 3. The third-order valence-corrected chi connectivity index (χ3v) is 7.44. The van der Waals surface area contributed by atoms with Gasteiger partial charge < -0.3 is 10.2 Å². The summed E-state index contributed by atoms with van der Waals surface area (Å²) in [6.07, 6.45) is 4.27. The second-order valence-corrected chi connectivity index (χ2v) is 10.3. The number of hydrogen-bond acceptors (Lipinski definition) is 3. The Bertz CT molecular complexity index is 933. The second-order valence-electron chi connectivity index (χ2n) is 8.04. The van der Waals surface area contributed by atoms with Crippen LogP contribution in [0.25, 0.3) is 0 Å². The van der Waals surface area contributed by atoms with Gasteiger partial charge in [0.25, 0.3) is 0 Å². The average molecular weight is 514 g/mol. The predicted octanol–water partition coefficient (Wildman–Crippen LogP) is 6.36. The van der Waals surface area contributed by atoms with E-state index in [1.165, 1.54) is 11.8 Å². The van der Waals surface area contributed by atoms with E-state index in [2.05, 4.69) is 5.32 Å². The Morgan fingerprint density at radius 3 is 2.38 bits per heavy atom. The molecule has 0 bridgehead atoms. The van der Waals surface area contributed by atoms with Gasteiger partial charge in [-0.15, -0.1) is 11.8 Å². The molecule has 4 nitrogen and oxygen atoms in total. The van der Waals surface area contributed by atoms with Gasteiger partial charge in [0.05, 0.1) is 5.75 Å². The molecule has 0 radical (unpaired) electrons. The van der Waals surface area contributed by atoms with Gasteiger partial charge in [-0.1, -0.05) is 65.8 Å². The van der Waals surface area contributed by atoms with Gasteiger partial charge in [-0.25, -0.2) is 0 Å². The fourth-order valence-electron chi connectivity index (χ4n) is 3.73. The maximum absolute atomic E-state index is 13.2. The Hall–Kier alpha value is -1.40. The van der Waals surface area contributed by atoms with Gasteiger partial charge in [0.2, 0.25) is 11.8 Å². The Labute approximate surface area is 209 Å². The number of rotatable bonds is 9. The number of carbonyl (C=O) groups is 2. The molecule has 0 heterocycles. The monoisotopic (exact) mass is 512 g/mol. The lowest BCUT2D eigenvalue weighted by Crippen LogP contribution is -2.50. The molecule has 2 aromatic rings. The van der Waals surface area contributed by atoms with Crippen molar-refractivity contribution >= 4 is 58.4 Å². The molecule has 0 aliphatic heterocycles. The first-order valence-electron chi connectivity index (χ1n) is 10.7. The molecule has 1 saturated carbocycles. The van der Waals surface area contributed by atoms with Gasteiger partial charge in [-0.05, 0) is 55.2 Å². The number of benzene rings is 2. The summed E-state index contributed by atoms with van der Waals surface area (Å²) in [5, 5.41) is 4.91. The molecule has 2 aromatic carbocycles. The summed E-state index contributed by atoms with van der Waals surface area (Å²) >= 11 is 19.7. The fourth-order valence-corrected chi connectivity index (χ4v) is 5.33. The highest BCUT2D eigenvalue weighted by molar-refractivity contribution is 7.99. The van der Waals surface area contributed by atoms with Crippen LogP contribution in [-0.2, 0) is 21.9 Å². The summed E-state index contributed by atoms with van der Waals surface area (Å²) in [6, 6.07) is 12.3. The van der Waals surface area contributed by atoms with Gasteiger partial charge in [-0.2, -0.15) is 0 Å². The van der Waals surface area contributed by atoms with Crippen molar-refractivity contribution in [2.75, 3.05) is 5.75 Å². The van der Waals surface area contributed by atoms with Gasteiger partial charge >= 0.3 is 0 Å². The first kappa shape index (κ1) is 25.2. The molecule has 172 valence electrons. The first-order chi connectivity index (χ1) is 15.3. The number of nitrogens with one attached hydrogen (secondary N) is 1. The van der Waals surface area contributed by atoms with Crippen LogP contribution in [0.15, 0.2) is 42.5 Å². The molecular formula is C24H27Cl3N2O2S. The number of carbonyl (C=O) groups excluding carboxylic acids is 2. The Morgan fingerprint density at radius 2 is 1.72 bits per heavy atom. The van der Waals surface area contributed by atoms with E-state index in [1.807, 2.05) is 18.2 Å². The molecular weight excluding hydrogens is 487 g/mol. The standard InChI is InChI=1S/C24H27Cl3N2O2S/c1-16(24(31)28-21-4-2-3-5-21)29(13-17-6-9-19(25)10-7-17)23(30)15-32-14-18-8-11-20(26)12-22(18)27/h6-12,16,21H,2-5,13-15H2,1H3,(H,28,31)/t16-/m1/s1. The van der Waals surface area contributed by atoms with E-state index in [-0.39, 0.29) is 23.6 Å². The third kappa shape index (κ3) is 7.31. The van der Waals surface area contributed by atoms with Crippen molar-refractivity contribution < 1.29 is 9.59 Å². The molecule has 1 aliphatic rings. The highest BCUT2D eigenvalue weighted by Crippen LogP contribution is 2.25. The summed E-state index contributed by atoms with van der Waals surface area (Å²) in [7, 11) is 0. The zero-order chi connectivity index (χ0) is 23.1. The lowest BCUT2D eigenvalue weighted by atomic mass is 10.1. The molecule has 1 atom stereocenters. The van der Waals surface area contributed by atoms with E-state index in [4.69, 9.17) is 34.8 Å². The largest absolute Gasteiger partial charge is 0.352 e. The Morgan fingerprint density at radius 1 is 1.06 bits per heavy atom. The second kappa shape index (κ2) is 12.2. The van der Waals surface area contributed by atoms with Crippen molar-refractivity contribution in [2.24, 2.45) is 0 Å². The molecule has 2 amide bonds. The van der Waals surface area contributed by atoms with Gasteiger partial charge in [-0.3, -0.25) is 9.59 Å². The topological polar surface area (TPSA) is 49.4 Å². The molecule has 0 unspecified atom stereocenters. The molecule has 1 N–H and O–H groups in total. The van der Waals surface area contributed by atoms with Crippen LogP contribution in [0, 0.1) is 0 Å². The minimum Gasteiger partial charge on any atom is -0.352 e. The number of thioether (sulfide) groups is 1. The quantitative estimate of drug-likeness (QED) is 0.425. The zero-order valence-electron chi connectivity index (χ0n) is 18.0. The van der Waals surface area contributed by atoms with E-state index in [0.29, 0.717) is 27.4 Å². The van der Waals surface area contributed by atoms with Crippen LogP contribution in [0.4, 0.5) is 0 Å². The number of nitrogens with zero attached hydrogens (tertiary/aromatic N) is 1. The van der Waals surface area contributed by atoms with Crippen molar-refractivity contribution in [3.8, 4) is 0 Å². The van der Waals surface area contributed by atoms with Crippen LogP contribution >= 0.6 is 46.6 Å². The summed E-state index contributed by atoms with van der Waals surface area (Å²) in [5.74, 6) is 0.626. The smallest absolute Gasteiger partial charge is 0.242 e. The highest BCUT2D eigenvalue weighted by atomic mass is 35.5. The number of amides is 2. The van der Waals surface area contributed by atoms with E-state index < -0.39 is 6.04 Å². The van der Waals surface area contributed by atoms with Crippen LogP contribution in [0.2, 0.25) is 15.1 Å². The number of hydrogen-bond donors (Lipinski definition) is 1. The molecule has 8 heteroatoms. The third-order valence-electron chi connectivity index (χ3n) is 5.63. The minimum atomic E-state index is -0.571. The average Bonchev–Trinajstić information content (AvgIpc) is 3.27. The maximum Gasteiger partial charge on any atom is 0.242 e. The molecule has 32 heavy (non-hydrogen) atoms. The van der Waals surface area contributed by atoms with Crippen LogP contribution in [-0.4, -0.2) is 34.6 Å². The van der Waals surface area contributed by atoms with E-state index in [1.54, 1.807) is 36.1 Å². The molecule has 1 fully saturated rings. The lowest BCUT2D eigenvalue weighted by Gasteiger charge is -2.29. The molecule has 1 aliphatic carbocycles. The molecule has 0 aromatic heterocycles. The maximum atomic E-state index is 13.2. The first-order valence-corrected chi connectivity index (χ1v) is 13.0. The van der Waals surface area contributed by atoms with Gasteiger partial charge in [0, 0.05) is 33.4 Å². The summed E-state index contributed by atoms with van der Waals surface area (Å²) in [5.41, 5.74) is 1.85. The van der Waals surface area contributed by atoms with Crippen molar-refractivity contribution in [1.82, 2.24) is 10.2 Å². The summed E-state index contributed by atoms with van der Waals surface area (Å²) < 4.78 is 0. The lowest BCUT2D eigenvalue weighted by molar-refractivity contribution is -0.138. The summed E-state index contributed by atoms with van der Waals surface area (Å²) in [6.45, 7) is 2.14. The highest BCUT2D eigenvalue weighted by Gasteiger charge is 2.28. The molecule has 0 saturated heterocycles.